The molecule has 0 spiro atoms. The topological polar surface area (TPSA) is 61.9 Å². The maximum Gasteiger partial charge on any atom is 0.410 e. The van der Waals surface area contributed by atoms with Crippen LogP contribution in [0.2, 0.25) is 0 Å². The van der Waals surface area contributed by atoms with Crippen molar-refractivity contribution in [3.05, 3.63) is 0 Å². The van der Waals surface area contributed by atoms with E-state index >= 15 is 0 Å². The van der Waals surface area contributed by atoms with E-state index in [9.17, 15) is 9.59 Å². The van der Waals surface area contributed by atoms with Crippen LogP contribution in [0, 0.1) is 11.8 Å². The lowest BCUT2D eigenvalue weighted by atomic mass is 9.93. The van der Waals surface area contributed by atoms with Crippen molar-refractivity contribution in [2.75, 3.05) is 39.3 Å². The fourth-order valence-corrected chi connectivity index (χ4v) is 3.79. The maximum absolute atomic E-state index is 12.4. The van der Waals surface area contributed by atoms with E-state index in [4.69, 9.17) is 4.74 Å². The van der Waals surface area contributed by atoms with Crippen molar-refractivity contribution in [1.82, 2.24) is 15.1 Å². The number of rotatable bonds is 5. The van der Waals surface area contributed by atoms with Crippen LogP contribution in [0.4, 0.5) is 4.79 Å². The van der Waals surface area contributed by atoms with Gasteiger partial charge in [-0.15, -0.1) is 0 Å². The Labute approximate surface area is 158 Å². The van der Waals surface area contributed by atoms with Crippen LogP contribution in [0.5, 0.6) is 0 Å². The van der Waals surface area contributed by atoms with Gasteiger partial charge in [-0.05, 0) is 78.4 Å². The van der Waals surface area contributed by atoms with E-state index in [1.807, 2.05) is 20.8 Å². The number of amides is 2. The second-order valence-electron chi connectivity index (χ2n) is 8.70. The van der Waals surface area contributed by atoms with E-state index in [2.05, 4.69) is 17.1 Å². The first-order valence-corrected chi connectivity index (χ1v) is 10.3. The van der Waals surface area contributed by atoms with Gasteiger partial charge in [0, 0.05) is 25.6 Å². The standard InChI is InChI=1S/C20H37N3O3/c1-5-22-12-7-16(8-13-22)6-11-21-18(24)17-9-14-23(15-10-17)19(25)26-20(2,3)4/h16-17H,5-15H2,1-4H3,(H,21,24). The Balaban J connectivity index is 1.62. The van der Waals surface area contributed by atoms with Crippen molar-refractivity contribution in [2.45, 2.75) is 65.4 Å². The first-order valence-electron chi connectivity index (χ1n) is 10.3. The van der Waals surface area contributed by atoms with Gasteiger partial charge in [-0.2, -0.15) is 0 Å². The number of nitrogens with one attached hydrogen (secondary N) is 1. The van der Waals surface area contributed by atoms with E-state index in [0.717, 1.165) is 38.3 Å². The third kappa shape index (κ3) is 6.78. The number of hydrogen-bond acceptors (Lipinski definition) is 4. The van der Waals surface area contributed by atoms with Gasteiger partial charge in [0.1, 0.15) is 5.60 Å². The van der Waals surface area contributed by atoms with Crippen LogP contribution in [0.25, 0.3) is 0 Å². The molecular formula is C20H37N3O3. The molecule has 2 rings (SSSR count). The van der Waals surface area contributed by atoms with Crippen molar-refractivity contribution in [3.63, 3.8) is 0 Å². The predicted octanol–water partition coefficient (Wildman–Crippen LogP) is 2.87. The molecule has 0 aromatic rings. The van der Waals surface area contributed by atoms with Crippen LogP contribution in [0.1, 0.15) is 59.8 Å². The minimum atomic E-state index is -0.474. The van der Waals surface area contributed by atoms with Gasteiger partial charge in [-0.3, -0.25) is 4.79 Å². The highest BCUT2D eigenvalue weighted by Gasteiger charge is 2.29. The first kappa shape index (κ1) is 21.0. The molecule has 0 saturated carbocycles. The first-order chi connectivity index (χ1) is 12.3. The quantitative estimate of drug-likeness (QED) is 0.812. The minimum absolute atomic E-state index is 0.0237. The van der Waals surface area contributed by atoms with E-state index in [-0.39, 0.29) is 17.9 Å². The smallest absolute Gasteiger partial charge is 0.410 e. The summed E-state index contributed by atoms with van der Waals surface area (Å²) in [6.07, 6.45) is 4.76. The molecule has 26 heavy (non-hydrogen) atoms. The molecule has 150 valence electrons. The Morgan fingerprint density at radius 1 is 1.04 bits per heavy atom. The van der Waals surface area contributed by atoms with Crippen LogP contribution in [0.3, 0.4) is 0 Å². The summed E-state index contributed by atoms with van der Waals surface area (Å²) in [5.74, 6) is 0.919. The van der Waals surface area contributed by atoms with E-state index in [1.54, 1.807) is 4.90 Å². The lowest BCUT2D eigenvalue weighted by molar-refractivity contribution is -0.126. The van der Waals surface area contributed by atoms with Gasteiger partial charge in [0.05, 0.1) is 0 Å². The highest BCUT2D eigenvalue weighted by molar-refractivity contribution is 5.79. The van der Waals surface area contributed by atoms with Crippen molar-refractivity contribution in [1.29, 1.82) is 0 Å². The zero-order valence-corrected chi connectivity index (χ0v) is 17.1. The molecule has 0 atom stereocenters. The van der Waals surface area contributed by atoms with Crippen molar-refractivity contribution < 1.29 is 14.3 Å². The highest BCUT2D eigenvalue weighted by atomic mass is 16.6. The SMILES string of the molecule is CCN1CCC(CCNC(=O)C2CCN(C(=O)OC(C)(C)C)CC2)CC1. The van der Waals surface area contributed by atoms with Gasteiger partial charge < -0.3 is 19.9 Å². The Bertz CT molecular complexity index is 459. The molecule has 2 aliphatic heterocycles. The predicted molar refractivity (Wildman–Crippen MR) is 103 cm³/mol. The van der Waals surface area contributed by atoms with Gasteiger partial charge in [0.2, 0.25) is 5.91 Å². The van der Waals surface area contributed by atoms with Gasteiger partial charge in [0.15, 0.2) is 0 Å². The summed E-state index contributed by atoms with van der Waals surface area (Å²) in [4.78, 5) is 28.7. The molecule has 0 radical (unpaired) electrons. The Morgan fingerprint density at radius 2 is 1.65 bits per heavy atom. The second kappa shape index (κ2) is 9.58. The number of carbonyl (C=O) groups excluding carboxylic acids is 2. The van der Waals surface area contributed by atoms with E-state index in [0.29, 0.717) is 13.1 Å². The second-order valence-corrected chi connectivity index (χ2v) is 8.70. The third-order valence-electron chi connectivity index (χ3n) is 5.52. The van der Waals surface area contributed by atoms with Crippen molar-refractivity contribution >= 4 is 12.0 Å². The lowest BCUT2D eigenvalue weighted by Crippen LogP contribution is -2.45. The number of carbonyl (C=O) groups is 2. The summed E-state index contributed by atoms with van der Waals surface area (Å²) in [6, 6.07) is 0. The van der Waals surface area contributed by atoms with Gasteiger partial charge in [-0.25, -0.2) is 4.79 Å². The summed E-state index contributed by atoms with van der Waals surface area (Å²) in [5, 5.41) is 3.12. The molecule has 0 bridgehead atoms. The lowest BCUT2D eigenvalue weighted by Gasteiger charge is -2.33. The molecular weight excluding hydrogens is 330 g/mol. The molecule has 2 amide bonds. The van der Waals surface area contributed by atoms with Gasteiger partial charge >= 0.3 is 6.09 Å². The summed E-state index contributed by atoms with van der Waals surface area (Å²) < 4.78 is 5.40. The highest BCUT2D eigenvalue weighted by Crippen LogP contribution is 2.21. The average Bonchev–Trinajstić information content (AvgIpc) is 2.61. The van der Waals surface area contributed by atoms with Crippen LogP contribution in [-0.2, 0) is 9.53 Å². The van der Waals surface area contributed by atoms with E-state index in [1.165, 1.54) is 25.9 Å². The zero-order chi connectivity index (χ0) is 19.2. The van der Waals surface area contributed by atoms with Gasteiger partial charge in [0.25, 0.3) is 0 Å². The monoisotopic (exact) mass is 367 g/mol. The van der Waals surface area contributed by atoms with Crippen LogP contribution < -0.4 is 5.32 Å². The molecule has 1 N–H and O–H groups in total. The Kier molecular flexibility index (Phi) is 7.74. The van der Waals surface area contributed by atoms with Crippen LogP contribution in [-0.4, -0.2) is 66.7 Å². The number of nitrogens with zero attached hydrogens (tertiary/aromatic N) is 2. The van der Waals surface area contributed by atoms with Crippen LogP contribution in [0.15, 0.2) is 0 Å². The molecule has 6 heteroatoms. The Morgan fingerprint density at radius 3 is 2.19 bits per heavy atom. The summed E-state index contributed by atoms with van der Waals surface area (Å²) in [7, 11) is 0. The summed E-state index contributed by atoms with van der Waals surface area (Å²) in [5.41, 5.74) is -0.474. The largest absolute Gasteiger partial charge is 0.444 e. The van der Waals surface area contributed by atoms with Crippen molar-refractivity contribution in [2.24, 2.45) is 11.8 Å². The maximum atomic E-state index is 12.4. The molecule has 0 aromatic heterocycles. The van der Waals surface area contributed by atoms with Crippen LogP contribution >= 0.6 is 0 Å². The Hall–Kier alpha value is -1.30. The average molecular weight is 368 g/mol. The van der Waals surface area contributed by atoms with Crippen molar-refractivity contribution in [3.8, 4) is 0 Å². The van der Waals surface area contributed by atoms with Gasteiger partial charge in [-0.1, -0.05) is 6.92 Å². The molecule has 2 heterocycles. The molecule has 2 fully saturated rings. The molecule has 0 aromatic carbocycles. The summed E-state index contributed by atoms with van der Waals surface area (Å²) in [6.45, 7) is 13.3. The number of ether oxygens (including phenoxy) is 1. The minimum Gasteiger partial charge on any atom is -0.444 e. The fraction of sp³-hybridized carbons (Fsp3) is 0.900. The molecule has 0 unspecified atom stereocenters. The molecule has 2 saturated heterocycles. The number of piperidine rings is 2. The molecule has 6 nitrogen and oxygen atoms in total. The molecule has 2 aliphatic rings. The van der Waals surface area contributed by atoms with E-state index < -0.39 is 5.60 Å². The number of hydrogen-bond donors (Lipinski definition) is 1. The zero-order valence-electron chi connectivity index (χ0n) is 17.1. The normalized spacial score (nSPS) is 20.8. The number of likely N-dealkylation sites (tertiary alicyclic amines) is 2. The molecule has 0 aliphatic carbocycles. The third-order valence-corrected chi connectivity index (χ3v) is 5.52. The summed E-state index contributed by atoms with van der Waals surface area (Å²) >= 11 is 0. The fourth-order valence-electron chi connectivity index (χ4n) is 3.79.